The Morgan fingerprint density at radius 2 is 2.05 bits per heavy atom. The van der Waals surface area contributed by atoms with E-state index in [2.05, 4.69) is 20.3 Å². The molecule has 0 saturated heterocycles. The molecule has 2 aromatic heterocycles. The minimum Gasteiger partial charge on any atom is -0.469 e. The van der Waals surface area contributed by atoms with Gasteiger partial charge >= 0.3 is 6.01 Å². The second-order valence-corrected chi connectivity index (χ2v) is 3.92. The second-order valence-electron chi connectivity index (χ2n) is 3.92. The van der Waals surface area contributed by atoms with Gasteiger partial charge in [-0.25, -0.2) is 4.98 Å². The lowest BCUT2D eigenvalue weighted by molar-refractivity contribution is 0.247. The first-order chi connectivity index (χ1) is 9.19. The van der Waals surface area contributed by atoms with Crippen LogP contribution < -0.4 is 14.8 Å². The van der Waals surface area contributed by atoms with Crippen molar-refractivity contribution in [3.63, 3.8) is 0 Å². The third kappa shape index (κ3) is 3.54. The molecule has 0 aromatic carbocycles. The molecule has 1 unspecified atom stereocenters. The van der Waals surface area contributed by atoms with Gasteiger partial charge in [0, 0.05) is 12.4 Å². The molecule has 2 heterocycles. The number of anilines is 1. The van der Waals surface area contributed by atoms with Crippen LogP contribution in [0.2, 0.25) is 0 Å². The van der Waals surface area contributed by atoms with Crippen LogP contribution in [-0.2, 0) is 0 Å². The van der Waals surface area contributed by atoms with Crippen LogP contribution in [0.5, 0.6) is 11.8 Å². The van der Waals surface area contributed by atoms with Gasteiger partial charge in [-0.15, -0.1) is 0 Å². The van der Waals surface area contributed by atoms with E-state index in [-0.39, 0.29) is 6.23 Å². The molecule has 0 radical (unpaired) electrons. The maximum atomic E-state index is 5.75. The van der Waals surface area contributed by atoms with E-state index in [1.54, 1.807) is 18.5 Å². The van der Waals surface area contributed by atoms with Gasteiger partial charge in [0.05, 0.1) is 12.8 Å². The summed E-state index contributed by atoms with van der Waals surface area (Å²) in [5.74, 6) is 1.38. The number of aryl methyl sites for hydroxylation is 1. The molecule has 19 heavy (non-hydrogen) atoms. The number of rotatable bonds is 5. The molecule has 6 heteroatoms. The van der Waals surface area contributed by atoms with Crippen molar-refractivity contribution in [3.8, 4) is 11.8 Å². The molecule has 0 bridgehead atoms. The number of ether oxygens (including phenoxy) is 2. The van der Waals surface area contributed by atoms with E-state index in [1.807, 2.05) is 26.0 Å². The quantitative estimate of drug-likeness (QED) is 0.829. The van der Waals surface area contributed by atoms with Crippen molar-refractivity contribution in [1.82, 2.24) is 15.0 Å². The normalized spacial score (nSPS) is 11.7. The fourth-order valence-electron chi connectivity index (χ4n) is 1.54. The van der Waals surface area contributed by atoms with Crippen LogP contribution >= 0.6 is 0 Å². The van der Waals surface area contributed by atoms with Crippen molar-refractivity contribution in [2.24, 2.45) is 0 Å². The lowest BCUT2D eigenvalue weighted by atomic mass is 10.3. The lowest BCUT2D eigenvalue weighted by Crippen LogP contribution is -2.23. The average Bonchev–Trinajstić information content (AvgIpc) is 2.41. The first-order valence-corrected chi connectivity index (χ1v) is 5.91. The van der Waals surface area contributed by atoms with Gasteiger partial charge in [-0.1, -0.05) is 0 Å². The number of aromatic nitrogens is 3. The highest BCUT2D eigenvalue weighted by Crippen LogP contribution is 2.16. The highest BCUT2D eigenvalue weighted by molar-refractivity contribution is 5.35. The minimum atomic E-state index is -0.248. The Labute approximate surface area is 111 Å². The van der Waals surface area contributed by atoms with Gasteiger partial charge in [-0.3, -0.25) is 4.98 Å². The summed E-state index contributed by atoms with van der Waals surface area (Å²) in [5.41, 5.74) is 0.844. The van der Waals surface area contributed by atoms with Crippen LogP contribution in [0.4, 0.5) is 5.82 Å². The van der Waals surface area contributed by atoms with Gasteiger partial charge < -0.3 is 14.8 Å². The van der Waals surface area contributed by atoms with Gasteiger partial charge in [0.2, 0.25) is 0 Å². The standard InChI is InChI=1S/C13H16N4O2/c1-9-11(5-4-7-14-9)19-10(2)16-12-6-8-15-13(17-12)18-3/h4-8,10H,1-3H3,(H,15,16,17). The van der Waals surface area contributed by atoms with E-state index in [1.165, 1.54) is 7.11 Å². The lowest BCUT2D eigenvalue weighted by Gasteiger charge is -2.17. The van der Waals surface area contributed by atoms with Gasteiger partial charge in [0.1, 0.15) is 11.6 Å². The van der Waals surface area contributed by atoms with E-state index in [0.717, 1.165) is 11.4 Å². The molecule has 0 fully saturated rings. The number of methoxy groups -OCH3 is 1. The van der Waals surface area contributed by atoms with Gasteiger partial charge in [0.15, 0.2) is 6.23 Å². The number of hydrogen-bond donors (Lipinski definition) is 1. The third-order valence-corrected chi connectivity index (χ3v) is 2.43. The first-order valence-electron chi connectivity index (χ1n) is 5.91. The fraction of sp³-hybridized carbons (Fsp3) is 0.308. The summed E-state index contributed by atoms with van der Waals surface area (Å²) in [6.07, 6.45) is 3.11. The van der Waals surface area contributed by atoms with E-state index in [0.29, 0.717) is 11.8 Å². The molecule has 1 N–H and O–H groups in total. The molecule has 2 aromatic rings. The zero-order valence-corrected chi connectivity index (χ0v) is 11.1. The molecular weight excluding hydrogens is 244 g/mol. The monoisotopic (exact) mass is 260 g/mol. The van der Waals surface area contributed by atoms with E-state index in [4.69, 9.17) is 9.47 Å². The Kier molecular flexibility index (Phi) is 4.12. The Bertz CT molecular complexity index is 548. The maximum Gasteiger partial charge on any atom is 0.318 e. The average molecular weight is 260 g/mol. The predicted octanol–water partition coefficient (Wildman–Crippen LogP) is 2.03. The van der Waals surface area contributed by atoms with Gasteiger partial charge in [-0.2, -0.15) is 4.98 Å². The molecule has 0 spiro atoms. The number of pyridine rings is 1. The molecule has 0 amide bonds. The number of nitrogens with zero attached hydrogens (tertiary/aromatic N) is 3. The molecule has 0 aliphatic carbocycles. The van der Waals surface area contributed by atoms with Crippen LogP contribution in [0, 0.1) is 6.92 Å². The zero-order valence-electron chi connectivity index (χ0n) is 11.1. The highest BCUT2D eigenvalue weighted by atomic mass is 16.5. The summed E-state index contributed by atoms with van der Waals surface area (Å²) in [7, 11) is 1.53. The predicted molar refractivity (Wildman–Crippen MR) is 71.3 cm³/mol. The molecule has 100 valence electrons. The fourth-order valence-corrected chi connectivity index (χ4v) is 1.54. The Hall–Kier alpha value is -2.37. The molecule has 6 nitrogen and oxygen atoms in total. The smallest absolute Gasteiger partial charge is 0.318 e. The van der Waals surface area contributed by atoms with Crippen LogP contribution in [0.25, 0.3) is 0 Å². The van der Waals surface area contributed by atoms with E-state index in [9.17, 15) is 0 Å². The summed E-state index contributed by atoms with van der Waals surface area (Å²) in [4.78, 5) is 12.3. The molecule has 0 saturated carbocycles. The number of nitrogens with one attached hydrogen (secondary N) is 1. The van der Waals surface area contributed by atoms with Crippen LogP contribution in [0.3, 0.4) is 0 Å². The van der Waals surface area contributed by atoms with Crippen molar-refractivity contribution in [3.05, 3.63) is 36.3 Å². The van der Waals surface area contributed by atoms with Gasteiger partial charge in [-0.05, 0) is 32.0 Å². The Morgan fingerprint density at radius 1 is 1.21 bits per heavy atom. The maximum absolute atomic E-state index is 5.75. The summed E-state index contributed by atoms with van der Waals surface area (Å²) < 4.78 is 10.7. The Morgan fingerprint density at radius 3 is 2.79 bits per heavy atom. The second kappa shape index (κ2) is 5.99. The molecule has 2 rings (SSSR count). The topological polar surface area (TPSA) is 69.2 Å². The summed E-state index contributed by atoms with van der Waals surface area (Å²) in [6.45, 7) is 3.79. The third-order valence-electron chi connectivity index (χ3n) is 2.43. The van der Waals surface area contributed by atoms with Gasteiger partial charge in [0.25, 0.3) is 0 Å². The van der Waals surface area contributed by atoms with Crippen LogP contribution in [-0.4, -0.2) is 28.3 Å². The van der Waals surface area contributed by atoms with Crippen molar-refractivity contribution < 1.29 is 9.47 Å². The van der Waals surface area contributed by atoms with Crippen molar-refractivity contribution in [2.45, 2.75) is 20.1 Å². The van der Waals surface area contributed by atoms with Crippen molar-refractivity contribution in [2.75, 3.05) is 12.4 Å². The molecule has 1 atom stereocenters. The number of hydrogen-bond acceptors (Lipinski definition) is 6. The first kappa shape index (κ1) is 13.1. The van der Waals surface area contributed by atoms with Crippen LogP contribution in [0.1, 0.15) is 12.6 Å². The highest BCUT2D eigenvalue weighted by Gasteiger charge is 2.07. The summed E-state index contributed by atoms with van der Waals surface area (Å²) >= 11 is 0. The summed E-state index contributed by atoms with van der Waals surface area (Å²) in [5, 5.41) is 3.11. The largest absolute Gasteiger partial charge is 0.469 e. The summed E-state index contributed by atoms with van der Waals surface area (Å²) in [6, 6.07) is 5.78. The van der Waals surface area contributed by atoms with Crippen molar-refractivity contribution in [1.29, 1.82) is 0 Å². The SMILES string of the molecule is COc1nccc(NC(C)Oc2cccnc2C)n1. The Balaban J connectivity index is 2.01. The van der Waals surface area contributed by atoms with Crippen LogP contribution in [0.15, 0.2) is 30.6 Å². The van der Waals surface area contributed by atoms with E-state index >= 15 is 0 Å². The molecule has 0 aliphatic heterocycles. The molecule has 0 aliphatic rings. The molecular formula is C13H16N4O2. The van der Waals surface area contributed by atoms with Crippen molar-refractivity contribution >= 4 is 5.82 Å². The zero-order chi connectivity index (χ0) is 13.7. The minimum absolute atomic E-state index is 0.248. The van der Waals surface area contributed by atoms with E-state index < -0.39 is 0 Å².